The number of unbranched alkanes of at least 4 members (excludes halogenated alkanes) is 15. The zero-order chi connectivity index (χ0) is 33.2. The summed E-state index contributed by atoms with van der Waals surface area (Å²) in [5.41, 5.74) is 6.80. The first kappa shape index (κ1) is 38.6. The maximum absolute atomic E-state index is 11.4. The molecule has 258 valence electrons. The minimum absolute atomic E-state index is 0.356. The van der Waals surface area contributed by atoms with Crippen molar-refractivity contribution in [1.82, 2.24) is 0 Å². The van der Waals surface area contributed by atoms with Gasteiger partial charge in [-0.15, -0.1) is 0 Å². The van der Waals surface area contributed by atoms with E-state index < -0.39 is 25.0 Å². The maximum atomic E-state index is 11.4. The Bertz CT molecular complexity index is 1080. The molecule has 0 bridgehead atoms. The molecule has 2 aromatic rings. The van der Waals surface area contributed by atoms with E-state index in [0.717, 1.165) is 18.6 Å². The number of carbonyl (C=O) groups is 2. The van der Waals surface area contributed by atoms with Crippen molar-refractivity contribution in [2.75, 3.05) is 43.5 Å². The highest BCUT2D eigenvalue weighted by Gasteiger charge is 2.17. The predicted octanol–water partition coefficient (Wildman–Crippen LogP) is 8.73. The summed E-state index contributed by atoms with van der Waals surface area (Å²) < 4.78 is 17.7. The molecule has 9 nitrogen and oxygen atoms in total. The summed E-state index contributed by atoms with van der Waals surface area (Å²) in [6.45, 7) is 2.68. The van der Waals surface area contributed by atoms with Crippen molar-refractivity contribution in [2.45, 2.75) is 116 Å². The Kier molecular flexibility index (Phi) is 20.6. The molecule has 0 saturated heterocycles. The van der Waals surface area contributed by atoms with E-state index in [-0.39, 0.29) is 0 Å². The van der Waals surface area contributed by atoms with E-state index in [1.54, 1.807) is 30.3 Å². The lowest BCUT2D eigenvalue weighted by molar-refractivity contribution is -0.136. The number of rotatable bonds is 29. The monoisotopic (exact) mass is 642 g/mol. The van der Waals surface area contributed by atoms with Crippen LogP contribution in [0.15, 0.2) is 42.5 Å². The number of carboxylic acids is 2. The lowest BCUT2D eigenvalue weighted by Gasteiger charge is -2.22. The molecule has 2 rings (SSSR count). The molecule has 0 aliphatic rings. The van der Waals surface area contributed by atoms with Crippen LogP contribution in [-0.2, 0) is 9.59 Å². The van der Waals surface area contributed by atoms with Crippen LogP contribution in [0.25, 0.3) is 0 Å². The van der Waals surface area contributed by atoms with Gasteiger partial charge in [0.05, 0.1) is 19.8 Å². The average molecular weight is 643 g/mol. The van der Waals surface area contributed by atoms with E-state index in [1.165, 1.54) is 94.8 Å². The lowest BCUT2D eigenvalue weighted by atomic mass is 10.0. The van der Waals surface area contributed by atoms with Crippen molar-refractivity contribution in [3.63, 3.8) is 0 Å². The Hall–Kier alpha value is -3.62. The van der Waals surface area contributed by atoms with Crippen LogP contribution < -0.4 is 24.8 Å². The molecule has 4 N–H and O–H groups in total. The van der Waals surface area contributed by atoms with Crippen LogP contribution in [0.3, 0.4) is 0 Å². The molecule has 0 atom stereocenters. The second-order valence-electron chi connectivity index (χ2n) is 12.1. The third kappa shape index (κ3) is 19.0. The molecule has 0 spiro atoms. The van der Waals surface area contributed by atoms with Crippen LogP contribution >= 0.6 is 0 Å². The zero-order valence-corrected chi connectivity index (χ0v) is 28.1. The molecule has 46 heavy (non-hydrogen) atoms. The van der Waals surface area contributed by atoms with Crippen molar-refractivity contribution in [2.24, 2.45) is 0 Å². The van der Waals surface area contributed by atoms with Gasteiger partial charge in [-0.1, -0.05) is 103 Å². The number of aliphatic carboxylic acids is 2. The van der Waals surface area contributed by atoms with Crippen molar-refractivity contribution < 1.29 is 34.0 Å². The number of nitrogens with two attached hydrogens (primary N) is 1. The van der Waals surface area contributed by atoms with Crippen LogP contribution in [0.2, 0.25) is 0 Å². The smallest absolute Gasteiger partial charge is 0.323 e. The van der Waals surface area contributed by atoms with Gasteiger partial charge in [0.1, 0.15) is 30.3 Å². The van der Waals surface area contributed by atoms with Gasteiger partial charge in [0.2, 0.25) is 0 Å². The van der Waals surface area contributed by atoms with Gasteiger partial charge in [0.15, 0.2) is 0 Å². The Balaban J connectivity index is 1.72. The number of carboxylic acid groups (broad SMARTS) is 2. The molecule has 0 heterocycles. The predicted molar refractivity (Wildman–Crippen MR) is 185 cm³/mol. The number of anilines is 2. The minimum Gasteiger partial charge on any atom is -0.493 e. The second-order valence-corrected chi connectivity index (χ2v) is 12.1. The Morgan fingerprint density at radius 1 is 0.565 bits per heavy atom. The maximum Gasteiger partial charge on any atom is 0.323 e. The third-order valence-corrected chi connectivity index (χ3v) is 7.86. The molecule has 0 fully saturated rings. The summed E-state index contributed by atoms with van der Waals surface area (Å²) in [5, 5.41) is 18.7. The number of hydrogen-bond acceptors (Lipinski definition) is 7. The van der Waals surface area contributed by atoms with Gasteiger partial charge in [0.25, 0.3) is 0 Å². The van der Waals surface area contributed by atoms with E-state index in [9.17, 15) is 19.8 Å². The quantitative estimate of drug-likeness (QED) is 0.0589. The van der Waals surface area contributed by atoms with Gasteiger partial charge in [-0.2, -0.15) is 0 Å². The van der Waals surface area contributed by atoms with Crippen molar-refractivity contribution >= 4 is 23.3 Å². The van der Waals surface area contributed by atoms with Gasteiger partial charge < -0.3 is 35.1 Å². The largest absolute Gasteiger partial charge is 0.493 e. The van der Waals surface area contributed by atoms with E-state index in [1.807, 2.05) is 12.1 Å². The van der Waals surface area contributed by atoms with Gasteiger partial charge in [0, 0.05) is 36.0 Å². The number of benzene rings is 2. The molecular weight excluding hydrogens is 584 g/mol. The molecule has 0 amide bonds. The summed E-state index contributed by atoms with van der Waals surface area (Å²) in [6, 6.07) is 12.3. The molecule has 0 unspecified atom stereocenters. The number of ether oxygens (including phenoxy) is 3. The second kappa shape index (κ2) is 24.6. The van der Waals surface area contributed by atoms with Gasteiger partial charge in [-0.3, -0.25) is 9.59 Å². The highest BCUT2D eigenvalue weighted by molar-refractivity contribution is 5.80. The fourth-order valence-electron chi connectivity index (χ4n) is 5.31. The fraction of sp³-hybridized carbons (Fsp3) is 0.622. The number of hydrogen-bond donors (Lipinski definition) is 3. The van der Waals surface area contributed by atoms with E-state index >= 15 is 0 Å². The van der Waals surface area contributed by atoms with Crippen LogP contribution in [0.5, 0.6) is 17.2 Å². The lowest BCUT2D eigenvalue weighted by Crippen LogP contribution is -2.34. The third-order valence-electron chi connectivity index (χ3n) is 7.86. The molecule has 0 aliphatic carbocycles. The van der Waals surface area contributed by atoms with E-state index in [4.69, 9.17) is 19.9 Å². The van der Waals surface area contributed by atoms with Crippen LogP contribution in [0.4, 0.5) is 11.4 Å². The molecule has 0 radical (unpaired) electrons. The summed E-state index contributed by atoms with van der Waals surface area (Å²) in [6.07, 6.45) is 21.4. The standard InChI is InChI=1S/C37H58N2O7/c1-2-3-4-5-6-7-8-9-10-11-12-13-14-15-16-17-23-45-34-26-32(39(29-36(40)41)30-37(42)43)27-35(28-34)46-25-18-24-44-33-21-19-31(38)20-22-33/h19-22,26-28H,2-18,23-25,29-30,38H2,1H3,(H,40,41)(H,42,43). The van der Waals surface area contributed by atoms with Crippen LogP contribution in [-0.4, -0.2) is 55.1 Å². The summed E-state index contributed by atoms with van der Waals surface area (Å²) in [4.78, 5) is 24.2. The zero-order valence-electron chi connectivity index (χ0n) is 28.1. The first-order valence-electron chi connectivity index (χ1n) is 17.4. The van der Waals surface area contributed by atoms with Crippen LogP contribution in [0.1, 0.15) is 116 Å². The SMILES string of the molecule is CCCCCCCCCCCCCCCCCCOc1cc(OCCCOc2ccc(N)cc2)cc(N(CC(=O)O)CC(=O)O)c1. The molecular formula is C37H58N2O7. The first-order chi connectivity index (χ1) is 22.4. The number of nitrogens with zero attached hydrogens (tertiary/aromatic N) is 1. The normalized spacial score (nSPS) is 10.9. The molecule has 0 aromatic heterocycles. The average Bonchev–Trinajstić information content (AvgIpc) is 3.02. The topological polar surface area (TPSA) is 132 Å². The van der Waals surface area contributed by atoms with E-state index in [2.05, 4.69) is 6.92 Å². The van der Waals surface area contributed by atoms with Crippen LogP contribution in [0, 0.1) is 0 Å². The molecule has 0 saturated carbocycles. The molecule has 9 heteroatoms. The fourth-order valence-corrected chi connectivity index (χ4v) is 5.31. The Labute approximate surface area is 276 Å². The summed E-state index contributed by atoms with van der Waals surface area (Å²) in [5.74, 6) is -0.523. The Morgan fingerprint density at radius 3 is 1.39 bits per heavy atom. The Morgan fingerprint density at radius 2 is 0.957 bits per heavy atom. The van der Waals surface area contributed by atoms with Crippen molar-refractivity contribution in [1.29, 1.82) is 0 Å². The van der Waals surface area contributed by atoms with Gasteiger partial charge in [-0.25, -0.2) is 0 Å². The van der Waals surface area contributed by atoms with Gasteiger partial charge >= 0.3 is 11.9 Å². The molecule has 0 aliphatic heterocycles. The van der Waals surface area contributed by atoms with Crippen molar-refractivity contribution in [3.05, 3.63) is 42.5 Å². The number of nitrogen functional groups attached to an aromatic ring is 1. The van der Waals surface area contributed by atoms with E-state index in [0.29, 0.717) is 49.1 Å². The van der Waals surface area contributed by atoms with Crippen molar-refractivity contribution in [3.8, 4) is 17.2 Å². The highest BCUT2D eigenvalue weighted by Crippen LogP contribution is 2.29. The van der Waals surface area contributed by atoms with Gasteiger partial charge in [-0.05, 0) is 30.7 Å². The highest BCUT2D eigenvalue weighted by atomic mass is 16.5. The molecule has 2 aromatic carbocycles. The summed E-state index contributed by atoms with van der Waals surface area (Å²) >= 11 is 0. The minimum atomic E-state index is -1.12. The first-order valence-corrected chi connectivity index (χ1v) is 17.4. The summed E-state index contributed by atoms with van der Waals surface area (Å²) in [7, 11) is 0.